The number of methoxy groups -OCH3 is 1. The number of hydrogen-bond acceptors (Lipinski definition) is 7. The molecule has 30 heavy (non-hydrogen) atoms. The molecule has 1 N–H and O–H groups in total. The van der Waals surface area contributed by atoms with Crippen LogP contribution in [0.25, 0.3) is 0 Å². The Kier molecular flexibility index (Phi) is 9.02. The zero-order valence-electron chi connectivity index (χ0n) is 17.4. The Hall–Kier alpha value is -1.58. The SMILES string of the molecule is COCCCNC(=O)CSc1nc(Cl)cc(N2CCN(C(=O)C3CCCC3)CC2)n1. The van der Waals surface area contributed by atoms with E-state index in [1.54, 1.807) is 13.2 Å². The lowest BCUT2D eigenvalue weighted by molar-refractivity contribution is -0.135. The molecule has 1 aromatic heterocycles. The molecule has 0 bridgehead atoms. The van der Waals surface area contributed by atoms with Crippen molar-refractivity contribution in [2.24, 2.45) is 5.92 Å². The largest absolute Gasteiger partial charge is 0.385 e. The minimum Gasteiger partial charge on any atom is -0.385 e. The third-order valence-corrected chi connectivity index (χ3v) is 6.50. The summed E-state index contributed by atoms with van der Waals surface area (Å²) in [5.41, 5.74) is 0. The smallest absolute Gasteiger partial charge is 0.230 e. The van der Waals surface area contributed by atoms with Gasteiger partial charge >= 0.3 is 0 Å². The number of anilines is 1. The first-order chi connectivity index (χ1) is 14.6. The molecule has 2 amide bonds. The molecule has 8 nitrogen and oxygen atoms in total. The molecule has 166 valence electrons. The second-order valence-corrected chi connectivity index (χ2v) is 8.94. The monoisotopic (exact) mass is 455 g/mol. The second kappa shape index (κ2) is 11.7. The van der Waals surface area contributed by atoms with Gasteiger partial charge in [-0.2, -0.15) is 0 Å². The van der Waals surface area contributed by atoms with Gasteiger partial charge in [-0.1, -0.05) is 36.2 Å². The zero-order valence-corrected chi connectivity index (χ0v) is 19.0. The van der Waals surface area contributed by atoms with Gasteiger partial charge in [0.1, 0.15) is 11.0 Å². The highest BCUT2D eigenvalue weighted by Gasteiger charge is 2.29. The predicted octanol–water partition coefficient (Wildman–Crippen LogP) is 2.21. The number of piperazine rings is 1. The lowest BCUT2D eigenvalue weighted by Gasteiger charge is -2.36. The molecule has 0 radical (unpaired) electrons. The van der Waals surface area contributed by atoms with Gasteiger partial charge < -0.3 is 19.9 Å². The number of amides is 2. The van der Waals surface area contributed by atoms with E-state index in [2.05, 4.69) is 20.2 Å². The van der Waals surface area contributed by atoms with Crippen molar-refractivity contribution in [3.05, 3.63) is 11.2 Å². The van der Waals surface area contributed by atoms with Gasteiger partial charge in [0, 0.05) is 58.4 Å². The average Bonchev–Trinajstić information content (AvgIpc) is 3.29. The van der Waals surface area contributed by atoms with E-state index in [4.69, 9.17) is 16.3 Å². The Labute approximate surface area is 187 Å². The highest BCUT2D eigenvalue weighted by Crippen LogP contribution is 2.28. The molecule has 10 heteroatoms. The van der Waals surface area contributed by atoms with E-state index >= 15 is 0 Å². The van der Waals surface area contributed by atoms with Crippen LogP contribution < -0.4 is 10.2 Å². The number of carbonyl (C=O) groups is 2. The van der Waals surface area contributed by atoms with Crippen LogP contribution in [0.5, 0.6) is 0 Å². The minimum atomic E-state index is -0.0692. The van der Waals surface area contributed by atoms with E-state index in [1.807, 2.05) is 4.90 Å². The molecule has 1 saturated carbocycles. The zero-order chi connectivity index (χ0) is 21.3. The van der Waals surface area contributed by atoms with Gasteiger partial charge in [-0.3, -0.25) is 9.59 Å². The lowest BCUT2D eigenvalue weighted by Crippen LogP contribution is -2.50. The van der Waals surface area contributed by atoms with Crippen molar-refractivity contribution in [2.75, 3.05) is 57.1 Å². The molecule has 0 unspecified atom stereocenters. The van der Waals surface area contributed by atoms with Crippen molar-refractivity contribution in [1.82, 2.24) is 20.2 Å². The maximum atomic E-state index is 12.6. The summed E-state index contributed by atoms with van der Waals surface area (Å²) in [6.45, 7) is 4.03. The molecule has 2 aliphatic rings. The van der Waals surface area contributed by atoms with Gasteiger partial charge in [-0.25, -0.2) is 9.97 Å². The van der Waals surface area contributed by atoms with Crippen molar-refractivity contribution < 1.29 is 14.3 Å². The molecule has 0 aromatic carbocycles. The van der Waals surface area contributed by atoms with Crippen LogP contribution in [-0.4, -0.2) is 78.9 Å². The number of halogens is 1. The maximum Gasteiger partial charge on any atom is 0.230 e. The van der Waals surface area contributed by atoms with Gasteiger partial charge in [0.15, 0.2) is 5.16 Å². The summed E-state index contributed by atoms with van der Waals surface area (Å²) < 4.78 is 4.96. The second-order valence-electron chi connectivity index (χ2n) is 7.61. The summed E-state index contributed by atoms with van der Waals surface area (Å²) in [6, 6.07) is 1.74. The van der Waals surface area contributed by atoms with Crippen LogP contribution in [0.4, 0.5) is 5.82 Å². The molecule has 3 rings (SSSR count). The molecule has 1 aromatic rings. The van der Waals surface area contributed by atoms with Crippen molar-refractivity contribution in [1.29, 1.82) is 0 Å². The summed E-state index contributed by atoms with van der Waals surface area (Å²) in [5, 5.41) is 3.68. The number of hydrogen-bond donors (Lipinski definition) is 1. The fraction of sp³-hybridized carbons (Fsp3) is 0.700. The van der Waals surface area contributed by atoms with Crippen LogP contribution >= 0.6 is 23.4 Å². The summed E-state index contributed by atoms with van der Waals surface area (Å²) >= 11 is 7.46. The van der Waals surface area contributed by atoms with Gasteiger partial charge in [-0.05, 0) is 19.3 Å². The van der Waals surface area contributed by atoms with Crippen LogP contribution in [0.15, 0.2) is 11.2 Å². The van der Waals surface area contributed by atoms with Crippen LogP contribution in [-0.2, 0) is 14.3 Å². The third kappa shape index (κ3) is 6.72. The number of thioether (sulfide) groups is 1. The fourth-order valence-electron chi connectivity index (χ4n) is 3.82. The molecule has 1 saturated heterocycles. The van der Waals surface area contributed by atoms with Crippen molar-refractivity contribution >= 4 is 41.0 Å². The Morgan fingerprint density at radius 2 is 1.97 bits per heavy atom. The Morgan fingerprint density at radius 3 is 2.67 bits per heavy atom. The first-order valence-corrected chi connectivity index (χ1v) is 11.9. The summed E-state index contributed by atoms with van der Waals surface area (Å²) in [4.78, 5) is 37.5. The van der Waals surface area contributed by atoms with Crippen molar-refractivity contribution in [3.63, 3.8) is 0 Å². The van der Waals surface area contributed by atoms with Crippen molar-refractivity contribution in [3.8, 4) is 0 Å². The van der Waals surface area contributed by atoms with Crippen LogP contribution in [0.2, 0.25) is 5.15 Å². The predicted molar refractivity (Wildman–Crippen MR) is 118 cm³/mol. The first kappa shape index (κ1) is 23.1. The molecule has 0 spiro atoms. The molecule has 0 atom stereocenters. The molecular weight excluding hydrogens is 426 g/mol. The Morgan fingerprint density at radius 1 is 1.23 bits per heavy atom. The topological polar surface area (TPSA) is 87.7 Å². The van der Waals surface area contributed by atoms with Crippen LogP contribution in [0.1, 0.15) is 32.1 Å². The Balaban J connectivity index is 1.49. The minimum absolute atomic E-state index is 0.0692. The standard InChI is InChI=1S/C20H30ClN5O3S/c1-29-12-4-7-22-18(27)14-30-20-23-16(21)13-17(24-20)25-8-10-26(11-9-25)19(28)15-5-2-3-6-15/h13,15H,2-12,14H2,1H3,(H,22,27). The molecular formula is C20H30ClN5O3S. The average molecular weight is 456 g/mol. The van der Waals surface area contributed by atoms with Crippen LogP contribution in [0, 0.1) is 5.92 Å². The maximum absolute atomic E-state index is 12.6. The number of rotatable bonds is 9. The van der Waals surface area contributed by atoms with E-state index in [1.165, 1.54) is 24.6 Å². The van der Waals surface area contributed by atoms with E-state index in [0.717, 1.165) is 38.2 Å². The highest BCUT2D eigenvalue weighted by molar-refractivity contribution is 7.99. The van der Waals surface area contributed by atoms with E-state index in [-0.39, 0.29) is 17.6 Å². The fourth-order valence-corrected chi connectivity index (χ4v) is 4.74. The lowest BCUT2D eigenvalue weighted by atomic mass is 10.1. The molecule has 1 aliphatic heterocycles. The normalized spacial score (nSPS) is 17.4. The molecule has 2 fully saturated rings. The summed E-state index contributed by atoms with van der Waals surface area (Å²) in [6.07, 6.45) is 5.17. The van der Waals surface area contributed by atoms with Gasteiger partial charge in [0.25, 0.3) is 0 Å². The van der Waals surface area contributed by atoms with E-state index in [0.29, 0.717) is 42.5 Å². The van der Waals surface area contributed by atoms with Gasteiger partial charge in [-0.15, -0.1) is 0 Å². The molecule has 1 aliphatic carbocycles. The van der Waals surface area contributed by atoms with Gasteiger partial charge in [0.05, 0.1) is 5.75 Å². The number of ether oxygens (including phenoxy) is 1. The summed E-state index contributed by atoms with van der Waals surface area (Å²) in [5.74, 6) is 1.43. The van der Waals surface area contributed by atoms with Crippen LogP contribution in [0.3, 0.4) is 0 Å². The first-order valence-electron chi connectivity index (χ1n) is 10.5. The number of aromatic nitrogens is 2. The third-order valence-electron chi connectivity index (χ3n) is 5.46. The quantitative estimate of drug-likeness (QED) is 0.264. The van der Waals surface area contributed by atoms with E-state index < -0.39 is 0 Å². The number of nitrogens with zero attached hydrogens (tertiary/aromatic N) is 4. The number of carbonyl (C=O) groups excluding carboxylic acids is 2. The van der Waals surface area contributed by atoms with Gasteiger partial charge in [0.2, 0.25) is 11.8 Å². The summed E-state index contributed by atoms with van der Waals surface area (Å²) in [7, 11) is 1.64. The molecule has 2 heterocycles. The Bertz CT molecular complexity index is 724. The van der Waals surface area contributed by atoms with Crippen molar-refractivity contribution in [2.45, 2.75) is 37.3 Å². The highest BCUT2D eigenvalue weighted by atomic mass is 35.5. The number of nitrogens with one attached hydrogen (secondary N) is 1. The van der Waals surface area contributed by atoms with E-state index in [9.17, 15) is 9.59 Å².